The molecular weight excluding hydrogens is 372 g/mol. The number of rotatable bonds is 11. The number of phenolic OH excluding ortho intramolecular Hbond substituents is 2. The van der Waals surface area contributed by atoms with Crippen LogP contribution >= 0.6 is 0 Å². The molecule has 0 spiro atoms. The molecule has 4 N–H and O–H groups in total. The van der Waals surface area contributed by atoms with Gasteiger partial charge in [0.1, 0.15) is 0 Å². The first-order valence-corrected chi connectivity index (χ1v) is 10.7. The topological polar surface area (TPSA) is 64.5 Å². The molecule has 4 nitrogen and oxygen atoms in total. The summed E-state index contributed by atoms with van der Waals surface area (Å²) in [7, 11) is 0. The molecule has 4 heteroatoms. The first-order chi connectivity index (χ1) is 14.6. The fraction of sp³-hybridized carbons (Fsp3) is 0.308. The van der Waals surface area contributed by atoms with Crippen LogP contribution in [0.5, 0.6) is 11.5 Å². The van der Waals surface area contributed by atoms with Gasteiger partial charge in [0.15, 0.2) is 11.5 Å². The summed E-state index contributed by atoms with van der Waals surface area (Å²) in [5, 5.41) is 26.1. The van der Waals surface area contributed by atoms with Gasteiger partial charge in [0.05, 0.1) is 0 Å². The molecular formula is C26H32N2O2. The van der Waals surface area contributed by atoms with Gasteiger partial charge in [-0.3, -0.25) is 0 Å². The lowest BCUT2D eigenvalue weighted by Crippen LogP contribution is -2.24. The normalized spacial score (nSPS) is 12.0. The van der Waals surface area contributed by atoms with E-state index >= 15 is 0 Å². The van der Waals surface area contributed by atoms with Crippen molar-refractivity contribution < 1.29 is 10.2 Å². The third-order valence-corrected chi connectivity index (χ3v) is 5.42. The second kappa shape index (κ2) is 11.4. The molecule has 1 atom stereocenters. The van der Waals surface area contributed by atoms with Crippen LogP contribution in [0.2, 0.25) is 0 Å². The van der Waals surface area contributed by atoms with E-state index in [0.29, 0.717) is 5.92 Å². The van der Waals surface area contributed by atoms with Crippen molar-refractivity contribution in [3.05, 3.63) is 95.1 Å². The van der Waals surface area contributed by atoms with Crippen LogP contribution in [0.15, 0.2) is 72.8 Å². The highest BCUT2D eigenvalue weighted by Gasteiger charge is 2.10. The zero-order chi connectivity index (χ0) is 21.2. The summed E-state index contributed by atoms with van der Waals surface area (Å²) in [5.41, 5.74) is 5.09. The Hall–Kier alpha value is -2.82. The van der Waals surface area contributed by atoms with Crippen molar-refractivity contribution in [2.45, 2.75) is 32.2 Å². The van der Waals surface area contributed by atoms with Crippen molar-refractivity contribution in [3.63, 3.8) is 0 Å². The lowest BCUT2D eigenvalue weighted by Gasteiger charge is -2.18. The van der Waals surface area contributed by atoms with Gasteiger partial charge in [0.25, 0.3) is 0 Å². The maximum Gasteiger partial charge on any atom is 0.157 e. The highest BCUT2D eigenvalue weighted by Crippen LogP contribution is 2.25. The van der Waals surface area contributed by atoms with E-state index in [9.17, 15) is 10.2 Å². The Morgan fingerprint density at radius 3 is 2.23 bits per heavy atom. The van der Waals surface area contributed by atoms with Crippen LogP contribution in [0.1, 0.15) is 35.1 Å². The number of aromatic hydroxyl groups is 2. The molecule has 0 aromatic heterocycles. The zero-order valence-corrected chi connectivity index (χ0v) is 17.6. The van der Waals surface area contributed by atoms with Crippen LogP contribution < -0.4 is 10.6 Å². The van der Waals surface area contributed by atoms with Crippen LogP contribution in [0, 0.1) is 0 Å². The third-order valence-electron chi connectivity index (χ3n) is 5.42. The molecule has 0 amide bonds. The van der Waals surface area contributed by atoms with Crippen LogP contribution in [0.3, 0.4) is 0 Å². The summed E-state index contributed by atoms with van der Waals surface area (Å²) in [4.78, 5) is 0. The number of hydrogen-bond acceptors (Lipinski definition) is 4. The second-order valence-electron chi connectivity index (χ2n) is 7.79. The van der Waals surface area contributed by atoms with Gasteiger partial charge in [-0.05, 0) is 66.2 Å². The van der Waals surface area contributed by atoms with Crippen molar-refractivity contribution in [2.75, 3.05) is 19.6 Å². The van der Waals surface area contributed by atoms with Gasteiger partial charge in [-0.2, -0.15) is 0 Å². The zero-order valence-electron chi connectivity index (χ0n) is 17.6. The minimum atomic E-state index is -0.0747. The Kier molecular flexibility index (Phi) is 8.30. The molecule has 0 aliphatic carbocycles. The minimum absolute atomic E-state index is 0.0606. The lowest BCUT2D eigenvalue weighted by molar-refractivity contribution is 0.403. The number of benzene rings is 3. The first kappa shape index (κ1) is 21.9. The highest BCUT2D eigenvalue weighted by molar-refractivity contribution is 5.40. The summed E-state index contributed by atoms with van der Waals surface area (Å²) in [6.45, 7) is 5.81. The third kappa shape index (κ3) is 6.61. The van der Waals surface area contributed by atoms with Gasteiger partial charge in [-0.1, -0.05) is 67.6 Å². The average Bonchev–Trinajstić information content (AvgIpc) is 2.77. The Bertz CT molecular complexity index is 912. The molecule has 0 aliphatic rings. The quantitative estimate of drug-likeness (QED) is 0.283. The molecule has 3 rings (SSSR count). The summed E-state index contributed by atoms with van der Waals surface area (Å²) < 4.78 is 0. The van der Waals surface area contributed by atoms with Gasteiger partial charge in [-0.15, -0.1) is 0 Å². The largest absolute Gasteiger partial charge is 0.504 e. The van der Waals surface area contributed by atoms with Gasteiger partial charge < -0.3 is 20.8 Å². The molecule has 0 bridgehead atoms. The lowest BCUT2D eigenvalue weighted by atomic mass is 9.95. The Balaban J connectivity index is 1.43. The molecule has 0 saturated carbocycles. The van der Waals surface area contributed by atoms with E-state index in [1.807, 2.05) is 6.07 Å². The molecule has 0 aliphatic heterocycles. The van der Waals surface area contributed by atoms with Crippen molar-refractivity contribution in [1.82, 2.24) is 10.6 Å². The van der Waals surface area contributed by atoms with Gasteiger partial charge in [0, 0.05) is 13.1 Å². The van der Waals surface area contributed by atoms with Crippen molar-refractivity contribution in [2.24, 2.45) is 0 Å². The van der Waals surface area contributed by atoms with E-state index < -0.39 is 0 Å². The average molecular weight is 405 g/mol. The fourth-order valence-corrected chi connectivity index (χ4v) is 3.66. The molecule has 0 heterocycles. The second-order valence-corrected chi connectivity index (χ2v) is 7.79. The Morgan fingerprint density at radius 2 is 1.43 bits per heavy atom. The van der Waals surface area contributed by atoms with Crippen molar-refractivity contribution >= 4 is 0 Å². The van der Waals surface area contributed by atoms with Crippen LogP contribution in [-0.4, -0.2) is 29.8 Å². The van der Waals surface area contributed by atoms with Gasteiger partial charge >= 0.3 is 0 Å². The molecule has 158 valence electrons. The summed E-state index contributed by atoms with van der Waals surface area (Å²) >= 11 is 0. The standard InChI is InChI=1S/C26H32N2O2/c1-20(18-27-16-14-22-11-12-25(29)26(30)17-22)24-10-6-5-9-23(24)19-28-15-13-21-7-3-2-4-8-21/h2-12,17,20,27-30H,13-16,18-19H2,1H3. The summed E-state index contributed by atoms with van der Waals surface area (Å²) in [6, 6.07) is 24.2. The first-order valence-electron chi connectivity index (χ1n) is 10.7. The minimum Gasteiger partial charge on any atom is -0.504 e. The Labute approximate surface area is 179 Å². The van der Waals surface area contributed by atoms with E-state index in [1.165, 1.54) is 22.8 Å². The molecule has 0 fully saturated rings. The molecule has 0 radical (unpaired) electrons. The van der Waals surface area contributed by atoms with Crippen LogP contribution in [0.25, 0.3) is 0 Å². The SMILES string of the molecule is CC(CNCCc1ccc(O)c(O)c1)c1ccccc1CNCCc1ccccc1. The molecule has 30 heavy (non-hydrogen) atoms. The monoisotopic (exact) mass is 404 g/mol. The number of nitrogens with one attached hydrogen (secondary N) is 2. The molecule has 3 aromatic rings. The molecule has 1 unspecified atom stereocenters. The summed E-state index contributed by atoms with van der Waals surface area (Å²) in [6.07, 6.45) is 1.84. The number of hydrogen-bond donors (Lipinski definition) is 4. The maximum absolute atomic E-state index is 9.60. The van der Waals surface area contributed by atoms with E-state index in [2.05, 4.69) is 72.2 Å². The van der Waals surface area contributed by atoms with E-state index in [4.69, 9.17) is 0 Å². The van der Waals surface area contributed by atoms with Crippen LogP contribution in [0.4, 0.5) is 0 Å². The van der Waals surface area contributed by atoms with Crippen molar-refractivity contribution in [3.8, 4) is 11.5 Å². The summed E-state index contributed by atoms with van der Waals surface area (Å²) in [5.74, 6) is 0.272. The predicted octanol–water partition coefficient (Wildman–Crippen LogP) is 4.37. The van der Waals surface area contributed by atoms with Crippen molar-refractivity contribution in [1.29, 1.82) is 0 Å². The van der Waals surface area contributed by atoms with E-state index in [1.54, 1.807) is 6.07 Å². The number of phenols is 2. The molecule has 0 saturated heterocycles. The smallest absolute Gasteiger partial charge is 0.157 e. The Morgan fingerprint density at radius 1 is 0.733 bits per heavy atom. The molecule has 3 aromatic carbocycles. The maximum atomic E-state index is 9.60. The predicted molar refractivity (Wildman–Crippen MR) is 123 cm³/mol. The van der Waals surface area contributed by atoms with E-state index in [0.717, 1.165) is 44.6 Å². The fourth-order valence-electron chi connectivity index (χ4n) is 3.66. The van der Waals surface area contributed by atoms with E-state index in [-0.39, 0.29) is 11.5 Å². The van der Waals surface area contributed by atoms with Gasteiger partial charge in [-0.25, -0.2) is 0 Å². The highest BCUT2D eigenvalue weighted by atomic mass is 16.3. The van der Waals surface area contributed by atoms with Crippen LogP contribution in [-0.2, 0) is 19.4 Å². The van der Waals surface area contributed by atoms with Gasteiger partial charge in [0.2, 0.25) is 0 Å².